The SMILES string of the molecule is C=C(C)C(=O)OCCc1ccc(/C=C/C(=O)Oc2ccc(-c3ccc(OC(=O)C(=C)C)cc3)cc2)cc1. The molecule has 0 heterocycles. The molecule has 0 unspecified atom stereocenters. The normalized spacial score (nSPS) is 10.5. The molecular formula is C31H28O6. The van der Waals surface area contributed by atoms with Gasteiger partial charge in [-0.1, -0.05) is 61.7 Å². The molecule has 6 heteroatoms. The van der Waals surface area contributed by atoms with Gasteiger partial charge in [0.2, 0.25) is 0 Å². The molecule has 0 aliphatic rings. The fourth-order valence-corrected chi connectivity index (χ4v) is 3.12. The van der Waals surface area contributed by atoms with E-state index < -0.39 is 17.9 Å². The second-order valence-electron chi connectivity index (χ2n) is 8.38. The van der Waals surface area contributed by atoms with Crippen molar-refractivity contribution in [1.29, 1.82) is 0 Å². The van der Waals surface area contributed by atoms with E-state index in [4.69, 9.17) is 14.2 Å². The Morgan fingerprint density at radius 1 is 0.703 bits per heavy atom. The topological polar surface area (TPSA) is 78.9 Å². The van der Waals surface area contributed by atoms with Crippen LogP contribution in [-0.4, -0.2) is 24.5 Å². The van der Waals surface area contributed by atoms with Crippen molar-refractivity contribution in [2.24, 2.45) is 0 Å². The molecule has 37 heavy (non-hydrogen) atoms. The Hall–Kier alpha value is -4.71. The van der Waals surface area contributed by atoms with Gasteiger partial charge in [0.25, 0.3) is 0 Å². The predicted octanol–water partition coefficient (Wildman–Crippen LogP) is 6.12. The summed E-state index contributed by atoms with van der Waals surface area (Å²) in [4.78, 5) is 35.3. The molecule has 0 saturated carbocycles. The molecule has 0 N–H and O–H groups in total. The molecule has 0 aliphatic carbocycles. The summed E-state index contributed by atoms with van der Waals surface area (Å²) >= 11 is 0. The monoisotopic (exact) mass is 496 g/mol. The smallest absolute Gasteiger partial charge is 0.338 e. The number of hydrogen-bond donors (Lipinski definition) is 0. The number of esters is 3. The second-order valence-corrected chi connectivity index (χ2v) is 8.38. The van der Waals surface area contributed by atoms with Crippen molar-refractivity contribution in [2.45, 2.75) is 20.3 Å². The summed E-state index contributed by atoms with van der Waals surface area (Å²) in [6.07, 6.45) is 3.62. The van der Waals surface area contributed by atoms with E-state index in [1.54, 1.807) is 44.2 Å². The third-order valence-corrected chi connectivity index (χ3v) is 5.18. The zero-order valence-electron chi connectivity index (χ0n) is 20.9. The average Bonchev–Trinajstić information content (AvgIpc) is 2.89. The van der Waals surface area contributed by atoms with Crippen LogP contribution in [0.5, 0.6) is 11.5 Å². The van der Waals surface area contributed by atoms with Crippen LogP contribution >= 0.6 is 0 Å². The number of hydrogen-bond acceptors (Lipinski definition) is 6. The van der Waals surface area contributed by atoms with Gasteiger partial charge in [-0.2, -0.15) is 0 Å². The Bertz CT molecular complexity index is 1310. The molecule has 3 rings (SSSR count). The van der Waals surface area contributed by atoms with Crippen molar-refractivity contribution in [1.82, 2.24) is 0 Å². The Balaban J connectivity index is 1.50. The van der Waals surface area contributed by atoms with E-state index in [-0.39, 0.29) is 6.61 Å². The molecule has 0 atom stereocenters. The lowest BCUT2D eigenvalue weighted by molar-refractivity contribution is -0.138. The number of benzene rings is 3. The first-order valence-electron chi connectivity index (χ1n) is 11.6. The molecule has 3 aromatic carbocycles. The standard InChI is InChI=1S/C31H28O6/c1-21(2)30(33)35-20-19-24-7-5-23(6-8-24)9-18-29(32)36-27-14-10-25(11-15-27)26-12-16-28(17-13-26)37-31(34)22(3)4/h5-18H,1,3,19-20H2,2,4H3/b18-9+. The highest BCUT2D eigenvalue weighted by molar-refractivity contribution is 5.89. The van der Waals surface area contributed by atoms with Gasteiger partial charge in [0.15, 0.2) is 0 Å². The number of ether oxygens (including phenoxy) is 3. The molecule has 0 amide bonds. The van der Waals surface area contributed by atoms with Crippen LogP contribution in [-0.2, 0) is 25.5 Å². The molecule has 0 spiro atoms. The Kier molecular flexibility index (Phi) is 9.33. The maximum absolute atomic E-state index is 12.2. The third-order valence-electron chi connectivity index (χ3n) is 5.18. The van der Waals surface area contributed by atoms with Gasteiger partial charge in [0.1, 0.15) is 11.5 Å². The molecule has 0 radical (unpaired) electrons. The van der Waals surface area contributed by atoms with E-state index in [0.717, 1.165) is 22.3 Å². The van der Waals surface area contributed by atoms with Gasteiger partial charge < -0.3 is 14.2 Å². The zero-order valence-corrected chi connectivity index (χ0v) is 20.9. The van der Waals surface area contributed by atoms with Crippen molar-refractivity contribution in [3.05, 3.63) is 114 Å². The molecule has 0 aromatic heterocycles. The highest BCUT2D eigenvalue weighted by Crippen LogP contribution is 2.25. The van der Waals surface area contributed by atoms with Crippen LogP contribution in [0.1, 0.15) is 25.0 Å². The van der Waals surface area contributed by atoms with Gasteiger partial charge in [-0.3, -0.25) is 0 Å². The highest BCUT2D eigenvalue weighted by atomic mass is 16.5. The molecule has 6 nitrogen and oxygen atoms in total. The Morgan fingerprint density at radius 2 is 1.22 bits per heavy atom. The Morgan fingerprint density at radius 3 is 1.73 bits per heavy atom. The summed E-state index contributed by atoms with van der Waals surface area (Å²) in [6, 6.07) is 21.8. The van der Waals surface area contributed by atoms with E-state index in [0.29, 0.717) is 29.1 Å². The number of carbonyl (C=O) groups excluding carboxylic acids is 3. The minimum Gasteiger partial charge on any atom is -0.462 e. The summed E-state index contributed by atoms with van der Waals surface area (Å²) in [7, 11) is 0. The van der Waals surface area contributed by atoms with E-state index in [9.17, 15) is 14.4 Å². The van der Waals surface area contributed by atoms with E-state index in [1.165, 1.54) is 6.08 Å². The van der Waals surface area contributed by atoms with Crippen molar-refractivity contribution < 1.29 is 28.6 Å². The Labute approximate surface area is 216 Å². The van der Waals surface area contributed by atoms with Gasteiger partial charge >= 0.3 is 17.9 Å². The summed E-state index contributed by atoms with van der Waals surface area (Å²) in [6.45, 7) is 10.6. The molecule has 0 saturated heterocycles. The third kappa shape index (κ3) is 8.47. The average molecular weight is 497 g/mol. The van der Waals surface area contributed by atoms with E-state index in [1.807, 2.05) is 48.5 Å². The zero-order chi connectivity index (χ0) is 26.8. The highest BCUT2D eigenvalue weighted by Gasteiger charge is 2.07. The number of carbonyl (C=O) groups is 3. The predicted molar refractivity (Wildman–Crippen MR) is 143 cm³/mol. The van der Waals surface area contributed by atoms with Crippen LogP contribution in [0.15, 0.2) is 103 Å². The van der Waals surface area contributed by atoms with Gasteiger partial charge in [-0.15, -0.1) is 0 Å². The van der Waals surface area contributed by atoms with Crippen LogP contribution < -0.4 is 9.47 Å². The fourth-order valence-electron chi connectivity index (χ4n) is 3.12. The summed E-state index contributed by atoms with van der Waals surface area (Å²) in [5.74, 6) is -0.501. The van der Waals surface area contributed by atoms with Crippen LogP contribution in [0.25, 0.3) is 17.2 Å². The summed E-state index contributed by atoms with van der Waals surface area (Å²) in [5.41, 5.74) is 4.40. The largest absolute Gasteiger partial charge is 0.462 e. The van der Waals surface area contributed by atoms with Crippen LogP contribution in [0.2, 0.25) is 0 Å². The minimum absolute atomic E-state index is 0.280. The van der Waals surface area contributed by atoms with E-state index >= 15 is 0 Å². The molecular weight excluding hydrogens is 468 g/mol. The molecule has 188 valence electrons. The van der Waals surface area contributed by atoms with Crippen molar-refractivity contribution in [2.75, 3.05) is 6.61 Å². The van der Waals surface area contributed by atoms with Crippen molar-refractivity contribution in [3.8, 4) is 22.6 Å². The first-order chi connectivity index (χ1) is 17.7. The van der Waals surface area contributed by atoms with Gasteiger partial charge in [-0.25, -0.2) is 14.4 Å². The fraction of sp³-hybridized carbons (Fsp3) is 0.129. The van der Waals surface area contributed by atoms with Crippen molar-refractivity contribution in [3.63, 3.8) is 0 Å². The molecule has 0 fully saturated rings. The molecule has 0 aliphatic heterocycles. The van der Waals surface area contributed by atoms with E-state index in [2.05, 4.69) is 13.2 Å². The quantitative estimate of drug-likeness (QED) is 0.191. The van der Waals surface area contributed by atoms with Crippen LogP contribution in [0.4, 0.5) is 0 Å². The lowest BCUT2D eigenvalue weighted by Crippen LogP contribution is -2.07. The second kappa shape index (κ2) is 12.8. The number of rotatable bonds is 10. The van der Waals surface area contributed by atoms with Crippen LogP contribution in [0, 0.1) is 0 Å². The maximum atomic E-state index is 12.2. The minimum atomic E-state index is -0.493. The first kappa shape index (κ1) is 26.9. The van der Waals surface area contributed by atoms with Gasteiger partial charge in [-0.05, 0) is 66.4 Å². The van der Waals surface area contributed by atoms with Crippen LogP contribution in [0.3, 0.4) is 0 Å². The van der Waals surface area contributed by atoms with Gasteiger partial charge in [0.05, 0.1) is 6.61 Å². The first-order valence-corrected chi connectivity index (χ1v) is 11.6. The lowest BCUT2D eigenvalue weighted by Gasteiger charge is -2.07. The van der Waals surface area contributed by atoms with Gasteiger partial charge in [0, 0.05) is 23.6 Å². The van der Waals surface area contributed by atoms with Crippen molar-refractivity contribution >= 4 is 24.0 Å². The lowest BCUT2D eigenvalue weighted by atomic mass is 10.1. The summed E-state index contributed by atoms with van der Waals surface area (Å²) < 4.78 is 15.7. The summed E-state index contributed by atoms with van der Waals surface area (Å²) in [5, 5.41) is 0. The molecule has 3 aromatic rings. The maximum Gasteiger partial charge on any atom is 0.338 e. The molecule has 0 bridgehead atoms.